The molecule has 0 aromatic heterocycles. The van der Waals surface area contributed by atoms with E-state index in [1.165, 1.54) is 12.1 Å². The molecule has 3 N–H and O–H groups in total. The van der Waals surface area contributed by atoms with Crippen molar-refractivity contribution in [2.45, 2.75) is 55.2 Å². The van der Waals surface area contributed by atoms with Gasteiger partial charge in [0, 0.05) is 30.4 Å². The largest absolute Gasteiger partial charge is 1.00 e. The van der Waals surface area contributed by atoms with Crippen LogP contribution in [0.4, 0.5) is 5.69 Å². The van der Waals surface area contributed by atoms with E-state index in [1.807, 2.05) is 31.4 Å². The molecule has 0 aliphatic carbocycles. The first-order chi connectivity index (χ1) is 14.7. The zero-order chi connectivity index (χ0) is 24.1. The van der Waals surface area contributed by atoms with Crippen molar-refractivity contribution in [3.63, 3.8) is 0 Å². The average Bonchev–Trinajstić information content (AvgIpc) is 2.85. The van der Waals surface area contributed by atoms with E-state index in [1.54, 1.807) is 12.3 Å². The predicted octanol–water partition coefficient (Wildman–Crippen LogP) is -2.49. The van der Waals surface area contributed by atoms with E-state index < -0.39 is 41.4 Å². The minimum absolute atomic E-state index is 0. The number of rotatable bonds is 7. The van der Waals surface area contributed by atoms with E-state index >= 15 is 0 Å². The molecule has 2 aromatic rings. The summed E-state index contributed by atoms with van der Waals surface area (Å²) in [7, 11) is -9.52. The molecule has 34 heavy (non-hydrogen) atoms. The van der Waals surface area contributed by atoms with Crippen molar-refractivity contribution in [2.24, 2.45) is 0 Å². The van der Waals surface area contributed by atoms with Crippen LogP contribution in [0.2, 0.25) is 0 Å². The number of carboxylic acids is 1. The van der Waals surface area contributed by atoms with Gasteiger partial charge in [-0.15, -0.1) is 0 Å². The third-order valence-electron chi connectivity index (χ3n) is 5.79. The van der Waals surface area contributed by atoms with Crippen molar-refractivity contribution in [1.82, 2.24) is 0 Å². The summed E-state index contributed by atoms with van der Waals surface area (Å²) >= 11 is 0. The van der Waals surface area contributed by atoms with Crippen LogP contribution in [0.15, 0.2) is 46.3 Å². The Labute approximate surface area is 243 Å². The van der Waals surface area contributed by atoms with Crippen LogP contribution in [0.1, 0.15) is 45.6 Å². The summed E-state index contributed by atoms with van der Waals surface area (Å²) in [6, 6.07) is 5.09. The van der Waals surface area contributed by atoms with Gasteiger partial charge in [0.1, 0.15) is 4.90 Å². The van der Waals surface area contributed by atoms with Gasteiger partial charge in [0.2, 0.25) is 5.69 Å². The Morgan fingerprint density at radius 1 is 1.03 bits per heavy atom. The summed E-state index contributed by atoms with van der Waals surface area (Å²) < 4.78 is 68.7. The van der Waals surface area contributed by atoms with Gasteiger partial charge in [-0.2, -0.15) is 21.4 Å². The number of carboxylic acid groups (broad SMARTS) is 1. The maximum Gasteiger partial charge on any atom is 1.00 e. The van der Waals surface area contributed by atoms with Crippen molar-refractivity contribution in [3.8, 4) is 0 Å². The fraction of sp³-hybridized carbons (Fsp3) is 0.333. The van der Waals surface area contributed by atoms with E-state index in [0.717, 1.165) is 11.8 Å². The van der Waals surface area contributed by atoms with Gasteiger partial charge >= 0.3 is 65.1 Å². The predicted molar refractivity (Wildman–Crippen MR) is 118 cm³/mol. The van der Waals surface area contributed by atoms with Crippen molar-refractivity contribution in [1.29, 1.82) is 0 Å². The smallest absolute Gasteiger partial charge is 0.481 e. The van der Waals surface area contributed by atoms with E-state index in [2.05, 4.69) is 0 Å². The number of allylic oxidation sites excluding steroid dienone is 1. The zero-order valence-electron chi connectivity index (χ0n) is 19.7. The average molecular weight is 529 g/mol. The van der Waals surface area contributed by atoms with Gasteiger partial charge in [-0.05, 0) is 56.4 Å². The summed E-state index contributed by atoms with van der Waals surface area (Å²) in [5, 5.41) is 9.17. The summed E-state index contributed by atoms with van der Waals surface area (Å²) in [5.74, 6) is -0.871. The van der Waals surface area contributed by atoms with Gasteiger partial charge in [0.05, 0.1) is 10.3 Å². The molecule has 9 nitrogen and oxygen atoms in total. The van der Waals surface area contributed by atoms with Crippen LogP contribution in [-0.2, 0) is 30.4 Å². The molecule has 2 aromatic carbocycles. The molecule has 1 aliphatic rings. The van der Waals surface area contributed by atoms with Crippen molar-refractivity contribution < 1.29 is 99.5 Å². The quantitative estimate of drug-likeness (QED) is 0.155. The molecule has 0 spiro atoms. The zero-order valence-corrected chi connectivity index (χ0v) is 25.4. The number of hydrogen-bond donors (Lipinski definition) is 3. The summed E-state index contributed by atoms with van der Waals surface area (Å²) in [4.78, 5) is 9.43. The Bertz CT molecular complexity index is 1410. The molecule has 0 bridgehead atoms. The van der Waals surface area contributed by atoms with Crippen LogP contribution >= 0.6 is 0 Å². The number of nitrogens with zero attached hydrogens (tertiary/aromatic N) is 1. The molecule has 3 rings (SSSR count). The fourth-order valence-electron chi connectivity index (χ4n) is 3.99. The Morgan fingerprint density at radius 3 is 2.18 bits per heavy atom. The van der Waals surface area contributed by atoms with Gasteiger partial charge < -0.3 is 5.11 Å². The fourth-order valence-corrected chi connectivity index (χ4v) is 5.33. The summed E-state index contributed by atoms with van der Waals surface area (Å²) in [5.41, 5.74) is 1.55. The molecule has 0 amide bonds. The van der Waals surface area contributed by atoms with Crippen molar-refractivity contribution in [2.75, 3.05) is 0 Å². The molecule has 1 heterocycles. The summed E-state index contributed by atoms with van der Waals surface area (Å²) in [6.45, 7) is 5.67. The topological polar surface area (TPSA) is 149 Å². The third-order valence-corrected chi connectivity index (χ3v) is 7.52. The molecular weight excluding hydrogens is 504 g/mol. The van der Waals surface area contributed by atoms with Crippen LogP contribution in [0.25, 0.3) is 10.8 Å². The normalized spacial score (nSPS) is 15.2. The second-order valence-electron chi connectivity index (χ2n) is 8.18. The minimum Gasteiger partial charge on any atom is -0.481 e. The molecule has 1 aliphatic heterocycles. The number of aliphatic carboxylic acids is 1. The first-order valence-electron chi connectivity index (χ1n) is 9.73. The van der Waals surface area contributed by atoms with Crippen LogP contribution in [0, 0.1) is 0 Å². The van der Waals surface area contributed by atoms with Gasteiger partial charge in [-0.1, -0.05) is 0 Å². The second-order valence-corrected chi connectivity index (χ2v) is 11.0. The Kier molecular flexibility index (Phi) is 10.4. The van der Waals surface area contributed by atoms with E-state index in [-0.39, 0.29) is 76.3 Å². The maximum absolute atomic E-state index is 12.0. The Balaban J connectivity index is 0.00000289. The van der Waals surface area contributed by atoms with Crippen molar-refractivity contribution in [3.05, 3.63) is 42.1 Å². The molecule has 0 fully saturated rings. The number of carbonyl (C=O) groups is 1. The monoisotopic (exact) mass is 528 g/mol. The van der Waals surface area contributed by atoms with Gasteiger partial charge in [0.15, 0.2) is 11.9 Å². The Hall–Kier alpha value is -0.600. The van der Waals surface area contributed by atoms with Crippen molar-refractivity contribution >= 4 is 48.4 Å². The number of unbranched alkanes of at least 4 members (excludes halogenated alkanes) is 1. The van der Waals surface area contributed by atoms with E-state index in [9.17, 15) is 30.7 Å². The molecule has 0 radical (unpaired) electrons. The second kappa shape index (κ2) is 11.2. The molecule has 0 saturated heterocycles. The third kappa shape index (κ3) is 6.20. The maximum atomic E-state index is 12.0. The van der Waals surface area contributed by atoms with Crippen LogP contribution in [-0.4, -0.2) is 47.3 Å². The van der Waals surface area contributed by atoms with Crippen LogP contribution in [0.3, 0.4) is 0 Å². The number of fused-ring (bicyclic) bond motifs is 3. The Morgan fingerprint density at radius 2 is 1.65 bits per heavy atom. The first-order valence-corrected chi connectivity index (χ1v) is 12.6. The van der Waals surface area contributed by atoms with Gasteiger partial charge in [0.25, 0.3) is 20.2 Å². The van der Waals surface area contributed by atoms with E-state index in [0.29, 0.717) is 24.1 Å². The molecule has 172 valence electrons. The van der Waals surface area contributed by atoms with Gasteiger partial charge in [-0.3, -0.25) is 13.9 Å². The number of benzene rings is 2. The molecular formula is C21H24NNa2O8S2+3. The minimum atomic E-state index is -4.78. The SMILES string of the molecule is CC1=[N+](C=CCCCC(=O)O)c2ccc3c(S(=O)(=O)O)cc(S(=O)(=O)O)cc3c2C1(C)C.[Na+].[Na+]. The first kappa shape index (κ1) is 31.4. The van der Waals surface area contributed by atoms with Gasteiger partial charge in [-0.25, -0.2) is 0 Å². The molecule has 0 atom stereocenters. The van der Waals surface area contributed by atoms with Crippen LogP contribution in [0.5, 0.6) is 0 Å². The van der Waals surface area contributed by atoms with Crippen LogP contribution < -0.4 is 59.1 Å². The molecule has 0 unspecified atom stereocenters. The van der Waals surface area contributed by atoms with E-state index in [4.69, 9.17) is 5.11 Å². The number of hydrogen-bond acceptors (Lipinski definition) is 5. The molecule has 0 saturated carbocycles. The standard InChI is InChI=1S/C21H23NO8S2.2Na/c1-13-21(2,3)20-16-11-14(31(25,26)27)12-18(32(28,29)30)15(16)8-9-17(20)22(13)10-6-4-5-7-19(23)24;;/h6,8-12H,4-5,7H2,1-3H3,(H2-,23,24,25,26,27,28,29,30);;/q;2*+1/p+1. The molecule has 13 heteroatoms. The summed E-state index contributed by atoms with van der Waals surface area (Å²) in [6.07, 6.45) is 4.70.